The van der Waals surface area contributed by atoms with E-state index in [4.69, 9.17) is 0 Å². The number of fused-ring (bicyclic) bond motifs is 1. The second-order valence-electron chi connectivity index (χ2n) is 5.40. The number of carbonyl (C=O) groups is 1. The molecule has 100 valence electrons. The lowest BCUT2D eigenvalue weighted by Gasteiger charge is -2.17. The van der Waals surface area contributed by atoms with Gasteiger partial charge in [0.05, 0.1) is 17.5 Å². The lowest BCUT2D eigenvalue weighted by molar-refractivity contribution is 0.0912. The third-order valence-corrected chi connectivity index (χ3v) is 4.52. The Labute approximate surface area is 112 Å². The molecule has 1 heterocycles. The summed E-state index contributed by atoms with van der Waals surface area (Å²) in [6, 6.07) is 1.89. The highest BCUT2D eigenvalue weighted by Crippen LogP contribution is 2.30. The van der Waals surface area contributed by atoms with Crippen LogP contribution in [-0.2, 0) is 12.8 Å². The van der Waals surface area contributed by atoms with E-state index in [2.05, 4.69) is 19.2 Å². The van der Waals surface area contributed by atoms with Gasteiger partial charge in [-0.25, -0.2) is 0 Å². The zero-order valence-corrected chi connectivity index (χ0v) is 11.8. The van der Waals surface area contributed by atoms with Gasteiger partial charge in [0, 0.05) is 4.88 Å². The van der Waals surface area contributed by atoms with Crippen molar-refractivity contribution in [3.8, 4) is 0 Å². The maximum atomic E-state index is 12.1. The van der Waals surface area contributed by atoms with Crippen molar-refractivity contribution in [2.75, 3.05) is 6.61 Å². The molecule has 2 rings (SSSR count). The first-order chi connectivity index (χ1) is 8.60. The molecule has 1 atom stereocenters. The van der Waals surface area contributed by atoms with Crippen LogP contribution in [0.2, 0.25) is 0 Å². The Morgan fingerprint density at radius 1 is 1.50 bits per heavy atom. The maximum Gasteiger partial charge on any atom is 0.261 e. The summed E-state index contributed by atoms with van der Waals surface area (Å²) in [7, 11) is 0. The van der Waals surface area contributed by atoms with Gasteiger partial charge in [-0.3, -0.25) is 4.79 Å². The molecule has 0 radical (unpaired) electrons. The Morgan fingerprint density at radius 3 is 2.89 bits per heavy atom. The van der Waals surface area contributed by atoms with E-state index >= 15 is 0 Å². The summed E-state index contributed by atoms with van der Waals surface area (Å²) in [4.78, 5) is 14.2. The molecule has 1 unspecified atom stereocenters. The van der Waals surface area contributed by atoms with Gasteiger partial charge in [-0.15, -0.1) is 11.3 Å². The van der Waals surface area contributed by atoms with Crippen LogP contribution in [0.4, 0.5) is 0 Å². The van der Waals surface area contributed by atoms with E-state index in [-0.39, 0.29) is 18.6 Å². The summed E-state index contributed by atoms with van der Waals surface area (Å²) in [5, 5.41) is 12.2. The fourth-order valence-corrected chi connectivity index (χ4v) is 3.60. The summed E-state index contributed by atoms with van der Waals surface area (Å²) < 4.78 is 0. The fraction of sp³-hybridized carbons (Fsp3) is 0.643. The smallest absolute Gasteiger partial charge is 0.261 e. The largest absolute Gasteiger partial charge is 0.394 e. The zero-order chi connectivity index (χ0) is 13.1. The van der Waals surface area contributed by atoms with Crippen LogP contribution in [0, 0.1) is 5.92 Å². The van der Waals surface area contributed by atoms with Crippen molar-refractivity contribution in [2.24, 2.45) is 5.92 Å². The summed E-state index contributed by atoms with van der Waals surface area (Å²) in [6.45, 7) is 4.19. The summed E-state index contributed by atoms with van der Waals surface area (Å²) in [6.07, 6.45) is 4.25. The number of hydrogen-bond donors (Lipinski definition) is 2. The minimum absolute atomic E-state index is 0.00894. The number of aliphatic hydroxyl groups is 1. The van der Waals surface area contributed by atoms with Gasteiger partial charge in [-0.1, -0.05) is 13.8 Å². The molecule has 0 saturated heterocycles. The van der Waals surface area contributed by atoms with E-state index in [0.29, 0.717) is 5.92 Å². The Balaban J connectivity index is 1.97. The van der Waals surface area contributed by atoms with Crippen molar-refractivity contribution < 1.29 is 9.90 Å². The standard InChI is InChI=1S/C14H21NO2S/c1-9(2)6-11(8-16)15-14(17)13-7-10-4-3-5-12(10)18-13/h7,9,11,16H,3-6,8H2,1-2H3,(H,15,17). The Hall–Kier alpha value is -0.870. The molecular formula is C14H21NO2S. The Kier molecular flexibility index (Phi) is 4.40. The van der Waals surface area contributed by atoms with Gasteiger partial charge in [0.2, 0.25) is 0 Å². The molecule has 1 amide bonds. The predicted octanol–water partition coefficient (Wildman–Crippen LogP) is 2.37. The highest BCUT2D eigenvalue weighted by molar-refractivity contribution is 7.14. The molecule has 4 heteroatoms. The molecular weight excluding hydrogens is 246 g/mol. The van der Waals surface area contributed by atoms with Crippen molar-refractivity contribution in [3.63, 3.8) is 0 Å². The van der Waals surface area contributed by atoms with Crippen LogP contribution < -0.4 is 5.32 Å². The molecule has 1 aliphatic carbocycles. The monoisotopic (exact) mass is 267 g/mol. The van der Waals surface area contributed by atoms with Crippen molar-refractivity contribution in [3.05, 3.63) is 21.4 Å². The quantitative estimate of drug-likeness (QED) is 0.860. The normalized spacial score (nSPS) is 15.8. The van der Waals surface area contributed by atoms with Gasteiger partial charge in [-0.05, 0) is 43.2 Å². The molecule has 18 heavy (non-hydrogen) atoms. The number of amides is 1. The predicted molar refractivity (Wildman–Crippen MR) is 74.1 cm³/mol. The SMILES string of the molecule is CC(C)CC(CO)NC(=O)c1cc2c(s1)CCC2. The first-order valence-corrected chi connectivity index (χ1v) is 7.45. The highest BCUT2D eigenvalue weighted by atomic mass is 32.1. The van der Waals surface area contributed by atoms with E-state index in [1.807, 2.05) is 6.07 Å². The van der Waals surface area contributed by atoms with Gasteiger partial charge < -0.3 is 10.4 Å². The number of aliphatic hydroxyl groups excluding tert-OH is 1. The van der Waals surface area contributed by atoms with E-state index in [9.17, 15) is 9.90 Å². The van der Waals surface area contributed by atoms with Crippen molar-refractivity contribution >= 4 is 17.2 Å². The third-order valence-electron chi connectivity index (χ3n) is 3.28. The van der Waals surface area contributed by atoms with E-state index in [1.165, 1.54) is 16.9 Å². The van der Waals surface area contributed by atoms with Crippen LogP contribution in [0.15, 0.2) is 6.07 Å². The van der Waals surface area contributed by atoms with Gasteiger partial charge in [0.25, 0.3) is 5.91 Å². The van der Waals surface area contributed by atoms with Crippen LogP contribution in [0.25, 0.3) is 0 Å². The molecule has 0 saturated carbocycles. The van der Waals surface area contributed by atoms with E-state index < -0.39 is 0 Å². The molecule has 0 bridgehead atoms. The van der Waals surface area contributed by atoms with Crippen LogP contribution in [0.1, 0.15) is 46.8 Å². The number of nitrogens with one attached hydrogen (secondary N) is 1. The molecule has 0 aromatic carbocycles. The third kappa shape index (κ3) is 3.12. The molecule has 0 aliphatic heterocycles. The second kappa shape index (κ2) is 5.85. The molecule has 2 N–H and O–H groups in total. The average molecular weight is 267 g/mol. The topological polar surface area (TPSA) is 49.3 Å². The summed E-state index contributed by atoms with van der Waals surface area (Å²) in [5.41, 5.74) is 1.34. The first kappa shape index (κ1) is 13.6. The van der Waals surface area contributed by atoms with Gasteiger partial charge >= 0.3 is 0 Å². The molecule has 1 aliphatic rings. The molecule has 1 aromatic rings. The molecule has 0 fully saturated rings. The Bertz CT molecular complexity index is 404. The van der Waals surface area contributed by atoms with E-state index in [1.54, 1.807) is 11.3 Å². The molecule has 1 aromatic heterocycles. The number of thiophene rings is 1. The summed E-state index contributed by atoms with van der Waals surface area (Å²) in [5.74, 6) is 0.435. The zero-order valence-electron chi connectivity index (χ0n) is 11.0. The van der Waals surface area contributed by atoms with Crippen molar-refractivity contribution in [1.29, 1.82) is 0 Å². The molecule has 0 spiro atoms. The number of aryl methyl sites for hydroxylation is 2. The number of hydrogen-bond acceptors (Lipinski definition) is 3. The second-order valence-corrected chi connectivity index (χ2v) is 6.53. The van der Waals surface area contributed by atoms with E-state index in [0.717, 1.165) is 24.1 Å². The lowest BCUT2D eigenvalue weighted by Crippen LogP contribution is -2.38. The van der Waals surface area contributed by atoms with Crippen LogP contribution in [0.5, 0.6) is 0 Å². The lowest BCUT2D eigenvalue weighted by atomic mass is 10.0. The maximum absolute atomic E-state index is 12.1. The minimum Gasteiger partial charge on any atom is -0.394 e. The fourth-order valence-electron chi connectivity index (χ4n) is 2.45. The van der Waals surface area contributed by atoms with Gasteiger partial charge in [-0.2, -0.15) is 0 Å². The number of carbonyl (C=O) groups excluding carboxylic acids is 1. The van der Waals surface area contributed by atoms with Crippen molar-refractivity contribution in [1.82, 2.24) is 5.32 Å². The number of rotatable bonds is 5. The Morgan fingerprint density at radius 2 is 2.28 bits per heavy atom. The molecule has 3 nitrogen and oxygen atoms in total. The first-order valence-electron chi connectivity index (χ1n) is 6.63. The van der Waals surface area contributed by atoms with Gasteiger partial charge in [0.15, 0.2) is 0 Å². The van der Waals surface area contributed by atoms with Crippen LogP contribution in [0.3, 0.4) is 0 Å². The van der Waals surface area contributed by atoms with Crippen LogP contribution >= 0.6 is 11.3 Å². The average Bonchev–Trinajstić information content (AvgIpc) is 2.87. The van der Waals surface area contributed by atoms with Crippen molar-refractivity contribution in [2.45, 2.75) is 45.6 Å². The minimum atomic E-state index is -0.130. The van der Waals surface area contributed by atoms with Crippen LogP contribution in [-0.4, -0.2) is 23.7 Å². The highest BCUT2D eigenvalue weighted by Gasteiger charge is 2.20. The summed E-state index contributed by atoms with van der Waals surface area (Å²) >= 11 is 1.61. The van der Waals surface area contributed by atoms with Gasteiger partial charge in [0.1, 0.15) is 0 Å².